The van der Waals surface area contributed by atoms with Gasteiger partial charge < -0.3 is 4.74 Å². The van der Waals surface area contributed by atoms with Crippen LogP contribution in [0.15, 0.2) is 12.1 Å². The molecule has 0 aliphatic rings. The minimum absolute atomic E-state index is 0.0920. The van der Waals surface area contributed by atoms with E-state index < -0.39 is 10.5 Å². The number of nitro benzene ring substituents is 1. The van der Waals surface area contributed by atoms with Gasteiger partial charge in [0, 0.05) is 18.1 Å². The second kappa shape index (κ2) is 7.04. The molecule has 0 spiro atoms. The number of nitrogens with one attached hydrogen (secondary N) is 1. The number of aryl methyl sites for hydroxylation is 2. The van der Waals surface area contributed by atoms with Crippen LogP contribution in [0.5, 0.6) is 5.75 Å². The first-order chi connectivity index (χ1) is 9.83. The van der Waals surface area contributed by atoms with E-state index in [9.17, 15) is 10.1 Å². The molecule has 1 N–H and O–H groups in total. The highest BCUT2D eigenvalue weighted by Gasteiger charge is 2.22. The lowest BCUT2D eigenvalue weighted by molar-refractivity contribution is -0.385. The Morgan fingerprint density at radius 1 is 1.43 bits per heavy atom. The molecular formula is C15H21N3O3. The Balaban J connectivity index is 2.75. The van der Waals surface area contributed by atoms with Gasteiger partial charge in [0.25, 0.3) is 5.69 Å². The second-order valence-electron chi connectivity index (χ2n) is 5.23. The van der Waals surface area contributed by atoms with Crippen molar-refractivity contribution in [3.8, 4) is 11.8 Å². The average Bonchev–Trinajstić information content (AvgIpc) is 2.42. The third-order valence-corrected chi connectivity index (χ3v) is 3.36. The summed E-state index contributed by atoms with van der Waals surface area (Å²) in [5, 5.41) is 23.1. The zero-order valence-corrected chi connectivity index (χ0v) is 12.9. The maximum absolute atomic E-state index is 10.9. The van der Waals surface area contributed by atoms with Gasteiger partial charge in [-0.15, -0.1) is 0 Å². The predicted octanol–water partition coefficient (Wildman–Crippen LogP) is 2.87. The Morgan fingerprint density at radius 2 is 2.10 bits per heavy atom. The van der Waals surface area contributed by atoms with Gasteiger partial charge in [-0.1, -0.05) is 6.92 Å². The molecule has 0 amide bonds. The van der Waals surface area contributed by atoms with Gasteiger partial charge in [0.15, 0.2) is 0 Å². The van der Waals surface area contributed by atoms with Gasteiger partial charge in [-0.2, -0.15) is 5.26 Å². The summed E-state index contributed by atoms with van der Waals surface area (Å²) in [4.78, 5) is 10.5. The highest BCUT2D eigenvalue weighted by molar-refractivity contribution is 5.49. The van der Waals surface area contributed by atoms with Crippen molar-refractivity contribution in [3.05, 3.63) is 33.4 Å². The number of nitriles is 1. The van der Waals surface area contributed by atoms with Crippen molar-refractivity contribution >= 4 is 5.69 Å². The van der Waals surface area contributed by atoms with Crippen LogP contribution >= 0.6 is 0 Å². The Kier molecular flexibility index (Phi) is 5.68. The fourth-order valence-electron chi connectivity index (χ4n) is 2.07. The van der Waals surface area contributed by atoms with Gasteiger partial charge in [0.1, 0.15) is 11.3 Å². The van der Waals surface area contributed by atoms with Gasteiger partial charge in [0.2, 0.25) is 0 Å². The molecule has 0 aromatic heterocycles. The maximum atomic E-state index is 10.9. The summed E-state index contributed by atoms with van der Waals surface area (Å²) < 4.78 is 5.68. The standard InChI is InChI=1S/C15H21N3O3/c1-5-17-15(4,10-16)6-7-21-14-9-11(2)13(18(19)20)8-12(14)3/h8-9,17H,5-7H2,1-4H3. The summed E-state index contributed by atoms with van der Waals surface area (Å²) in [7, 11) is 0. The molecule has 0 fully saturated rings. The van der Waals surface area contributed by atoms with E-state index in [0.29, 0.717) is 30.9 Å². The minimum atomic E-state index is -0.627. The fraction of sp³-hybridized carbons (Fsp3) is 0.533. The fourth-order valence-corrected chi connectivity index (χ4v) is 2.07. The Bertz CT molecular complexity index is 566. The van der Waals surface area contributed by atoms with Crippen molar-refractivity contribution < 1.29 is 9.66 Å². The molecule has 0 radical (unpaired) electrons. The highest BCUT2D eigenvalue weighted by atomic mass is 16.6. The van der Waals surface area contributed by atoms with E-state index in [1.54, 1.807) is 19.9 Å². The Hall–Kier alpha value is -2.13. The van der Waals surface area contributed by atoms with E-state index in [0.717, 1.165) is 5.56 Å². The Morgan fingerprint density at radius 3 is 2.62 bits per heavy atom. The summed E-state index contributed by atoms with van der Waals surface area (Å²) in [6, 6.07) is 5.42. The molecule has 0 saturated carbocycles. The van der Waals surface area contributed by atoms with Gasteiger partial charge in [-0.3, -0.25) is 15.4 Å². The summed E-state index contributed by atoms with van der Waals surface area (Å²) in [5.74, 6) is 0.620. The van der Waals surface area contributed by atoms with E-state index in [1.165, 1.54) is 6.07 Å². The molecule has 6 nitrogen and oxygen atoms in total. The van der Waals surface area contributed by atoms with Gasteiger partial charge in [-0.25, -0.2) is 0 Å². The lowest BCUT2D eigenvalue weighted by Crippen LogP contribution is -2.42. The zero-order valence-electron chi connectivity index (χ0n) is 12.9. The largest absolute Gasteiger partial charge is 0.493 e. The van der Waals surface area contributed by atoms with Crippen LogP contribution in [-0.2, 0) is 0 Å². The van der Waals surface area contributed by atoms with Crippen LogP contribution < -0.4 is 10.1 Å². The van der Waals surface area contributed by atoms with Crippen LogP contribution in [0.4, 0.5) is 5.69 Å². The van der Waals surface area contributed by atoms with Crippen molar-refractivity contribution in [2.24, 2.45) is 0 Å². The van der Waals surface area contributed by atoms with Gasteiger partial charge >= 0.3 is 0 Å². The first-order valence-corrected chi connectivity index (χ1v) is 6.87. The zero-order chi connectivity index (χ0) is 16.0. The van der Waals surface area contributed by atoms with Crippen molar-refractivity contribution in [2.75, 3.05) is 13.2 Å². The quantitative estimate of drug-likeness (QED) is 0.616. The van der Waals surface area contributed by atoms with Crippen LogP contribution in [0.25, 0.3) is 0 Å². The van der Waals surface area contributed by atoms with Crippen molar-refractivity contribution in [1.29, 1.82) is 5.26 Å². The maximum Gasteiger partial charge on any atom is 0.272 e. The molecule has 1 unspecified atom stereocenters. The van der Waals surface area contributed by atoms with Crippen LogP contribution in [0, 0.1) is 35.3 Å². The molecule has 1 aromatic rings. The summed E-state index contributed by atoms with van der Waals surface area (Å²) >= 11 is 0. The molecular weight excluding hydrogens is 270 g/mol. The van der Waals surface area contributed by atoms with Gasteiger partial charge in [0.05, 0.1) is 17.6 Å². The number of nitro groups is 1. The van der Waals surface area contributed by atoms with Crippen LogP contribution in [0.2, 0.25) is 0 Å². The normalized spacial score (nSPS) is 13.3. The molecule has 0 heterocycles. The van der Waals surface area contributed by atoms with Crippen molar-refractivity contribution in [2.45, 2.75) is 39.7 Å². The molecule has 0 aliphatic carbocycles. The van der Waals surface area contributed by atoms with E-state index in [2.05, 4.69) is 11.4 Å². The molecule has 0 bridgehead atoms. The molecule has 0 aliphatic heterocycles. The smallest absolute Gasteiger partial charge is 0.272 e. The molecule has 1 rings (SSSR count). The molecule has 114 valence electrons. The van der Waals surface area contributed by atoms with Crippen LogP contribution in [-0.4, -0.2) is 23.6 Å². The topological polar surface area (TPSA) is 88.2 Å². The molecule has 1 atom stereocenters. The van der Waals surface area contributed by atoms with E-state index in [4.69, 9.17) is 10.00 Å². The number of nitrogens with zero attached hydrogens (tertiary/aromatic N) is 2. The van der Waals surface area contributed by atoms with Gasteiger partial charge in [-0.05, 0) is 38.9 Å². The van der Waals surface area contributed by atoms with Crippen LogP contribution in [0.3, 0.4) is 0 Å². The molecule has 21 heavy (non-hydrogen) atoms. The van der Waals surface area contributed by atoms with Crippen molar-refractivity contribution in [1.82, 2.24) is 5.32 Å². The number of hydrogen-bond acceptors (Lipinski definition) is 5. The van der Waals surface area contributed by atoms with E-state index in [-0.39, 0.29) is 5.69 Å². The monoisotopic (exact) mass is 291 g/mol. The van der Waals surface area contributed by atoms with E-state index in [1.807, 2.05) is 13.8 Å². The first-order valence-electron chi connectivity index (χ1n) is 6.87. The summed E-state index contributed by atoms with van der Waals surface area (Å²) in [6.45, 7) is 8.31. The van der Waals surface area contributed by atoms with Crippen molar-refractivity contribution in [3.63, 3.8) is 0 Å². The number of benzene rings is 1. The summed E-state index contributed by atoms with van der Waals surface area (Å²) in [6.07, 6.45) is 0.535. The molecule has 0 saturated heterocycles. The predicted molar refractivity (Wildman–Crippen MR) is 80.4 cm³/mol. The summed E-state index contributed by atoms with van der Waals surface area (Å²) in [5.41, 5.74) is 0.748. The number of ether oxygens (including phenoxy) is 1. The number of rotatable bonds is 7. The Labute approximate surface area is 124 Å². The van der Waals surface area contributed by atoms with Crippen LogP contribution in [0.1, 0.15) is 31.4 Å². The first kappa shape index (κ1) is 16.9. The minimum Gasteiger partial charge on any atom is -0.493 e. The molecule has 6 heteroatoms. The third-order valence-electron chi connectivity index (χ3n) is 3.36. The lowest BCUT2D eigenvalue weighted by Gasteiger charge is -2.22. The van der Waals surface area contributed by atoms with E-state index >= 15 is 0 Å². The third kappa shape index (κ3) is 4.43. The SMILES string of the molecule is CCNC(C)(C#N)CCOc1cc(C)c([N+](=O)[O-])cc1C. The number of hydrogen-bond donors (Lipinski definition) is 1. The highest BCUT2D eigenvalue weighted by Crippen LogP contribution is 2.28. The molecule has 1 aromatic carbocycles. The lowest BCUT2D eigenvalue weighted by atomic mass is 10.0. The second-order valence-corrected chi connectivity index (χ2v) is 5.23. The average molecular weight is 291 g/mol.